The van der Waals surface area contributed by atoms with Crippen molar-refractivity contribution in [3.63, 3.8) is 0 Å². The van der Waals surface area contributed by atoms with Gasteiger partial charge in [0.25, 0.3) is 0 Å². The van der Waals surface area contributed by atoms with Crippen LogP contribution in [-0.4, -0.2) is 35.2 Å². The molecule has 0 heterocycles. The van der Waals surface area contributed by atoms with Crippen LogP contribution in [0.4, 0.5) is 0 Å². The summed E-state index contributed by atoms with van der Waals surface area (Å²) in [5.74, 6) is -1.91. The van der Waals surface area contributed by atoms with Gasteiger partial charge < -0.3 is 9.84 Å². The summed E-state index contributed by atoms with van der Waals surface area (Å²) in [5, 5.41) is 7.86. The SMILES string of the molecule is CC(=O)CC(=O)O.CCCCCCOC(=O)CC(C)=O. The van der Waals surface area contributed by atoms with Crippen molar-refractivity contribution in [1.29, 1.82) is 0 Å². The van der Waals surface area contributed by atoms with Crippen molar-refractivity contribution in [2.75, 3.05) is 6.61 Å². The number of hydrogen-bond donors (Lipinski definition) is 1. The number of ketones is 2. The van der Waals surface area contributed by atoms with E-state index in [0.717, 1.165) is 12.8 Å². The molecule has 0 aliphatic carbocycles. The van der Waals surface area contributed by atoms with Gasteiger partial charge in [0.05, 0.1) is 6.61 Å². The molecule has 0 saturated carbocycles. The van der Waals surface area contributed by atoms with Crippen LogP contribution in [0.1, 0.15) is 59.3 Å². The molecule has 0 aromatic heterocycles. The van der Waals surface area contributed by atoms with E-state index in [2.05, 4.69) is 6.92 Å². The number of carboxylic acid groups (broad SMARTS) is 1. The maximum absolute atomic E-state index is 10.8. The summed E-state index contributed by atoms with van der Waals surface area (Å²) in [6, 6.07) is 0. The normalized spacial score (nSPS) is 9.15. The Bertz CT molecular complexity index is 310. The van der Waals surface area contributed by atoms with Gasteiger partial charge in [0, 0.05) is 0 Å². The Labute approximate surface area is 119 Å². The third-order valence-corrected chi connectivity index (χ3v) is 2.05. The van der Waals surface area contributed by atoms with Gasteiger partial charge in [-0.2, -0.15) is 0 Å². The van der Waals surface area contributed by atoms with Crippen molar-refractivity contribution in [3.05, 3.63) is 0 Å². The lowest BCUT2D eigenvalue weighted by Gasteiger charge is -2.02. The quantitative estimate of drug-likeness (QED) is 0.396. The zero-order valence-electron chi connectivity index (χ0n) is 12.4. The molecule has 0 aromatic carbocycles. The molecule has 6 heteroatoms. The Hall–Kier alpha value is -1.72. The fourth-order valence-corrected chi connectivity index (χ4v) is 1.18. The minimum Gasteiger partial charge on any atom is -0.481 e. The van der Waals surface area contributed by atoms with Gasteiger partial charge in [0.2, 0.25) is 0 Å². The molecular weight excluding hydrogens is 264 g/mol. The fraction of sp³-hybridized carbons (Fsp3) is 0.714. The summed E-state index contributed by atoms with van der Waals surface area (Å²) in [4.78, 5) is 40.8. The molecule has 0 amide bonds. The lowest BCUT2D eigenvalue weighted by atomic mass is 10.2. The third-order valence-electron chi connectivity index (χ3n) is 2.05. The first kappa shape index (κ1) is 20.6. The van der Waals surface area contributed by atoms with Gasteiger partial charge in [-0.15, -0.1) is 0 Å². The van der Waals surface area contributed by atoms with Crippen molar-refractivity contribution in [2.45, 2.75) is 59.3 Å². The van der Waals surface area contributed by atoms with Gasteiger partial charge in [-0.25, -0.2) is 0 Å². The number of carbonyl (C=O) groups is 4. The van der Waals surface area contributed by atoms with Gasteiger partial charge in [0.1, 0.15) is 24.4 Å². The van der Waals surface area contributed by atoms with Crippen molar-refractivity contribution in [1.82, 2.24) is 0 Å². The first-order chi connectivity index (χ1) is 9.29. The Kier molecular flexibility index (Phi) is 14.1. The van der Waals surface area contributed by atoms with Crippen LogP contribution in [0.25, 0.3) is 0 Å². The average molecular weight is 288 g/mol. The van der Waals surface area contributed by atoms with Crippen LogP contribution in [0.3, 0.4) is 0 Å². The van der Waals surface area contributed by atoms with E-state index in [4.69, 9.17) is 9.84 Å². The predicted molar refractivity (Wildman–Crippen MR) is 73.3 cm³/mol. The van der Waals surface area contributed by atoms with Crippen LogP contribution in [-0.2, 0) is 23.9 Å². The molecule has 6 nitrogen and oxygen atoms in total. The second-order valence-corrected chi connectivity index (χ2v) is 4.43. The van der Waals surface area contributed by atoms with E-state index in [1.165, 1.54) is 26.7 Å². The number of rotatable bonds is 9. The van der Waals surface area contributed by atoms with Crippen molar-refractivity contribution >= 4 is 23.5 Å². The van der Waals surface area contributed by atoms with Gasteiger partial charge >= 0.3 is 11.9 Å². The highest BCUT2D eigenvalue weighted by atomic mass is 16.5. The van der Waals surface area contributed by atoms with Gasteiger partial charge in [-0.05, 0) is 20.3 Å². The van der Waals surface area contributed by atoms with E-state index >= 15 is 0 Å². The van der Waals surface area contributed by atoms with E-state index in [0.29, 0.717) is 6.61 Å². The second-order valence-electron chi connectivity index (χ2n) is 4.43. The maximum Gasteiger partial charge on any atom is 0.313 e. The van der Waals surface area contributed by atoms with E-state index in [1.54, 1.807) is 0 Å². The summed E-state index contributed by atoms with van der Waals surface area (Å²) < 4.78 is 4.84. The Morgan fingerprint density at radius 2 is 1.45 bits per heavy atom. The summed E-state index contributed by atoms with van der Waals surface area (Å²) in [6.07, 6.45) is 3.88. The van der Waals surface area contributed by atoms with E-state index in [1.807, 2.05) is 0 Å². The largest absolute Gasteiger partial charge is 0.481 e. The standard InChI is InChI=1S/C10H18O3.C4H6O3/c1-3-4-5-6-7-13-10(12)8-9(2)11;1-3(5)2-4(6)7/h3-8H2,1-2H3;2H2,1H3,(H,6,7). The molecule has 116 valence electrons. The lowest BCUT2D eigenvalue weighted by Crippen LogP contribution is -2.09. The van der Waals surface area contributed by atoms with Crippen molar-refractivity contribution in [3.8, 4) is 0 Å². The van der Waals surface area contributed by atoms with Crippen LogP contribution in [0.2, 0.25) is 0 Å². The molecule has 0 rings (SSSR count). The number of esters is 1. The zero-order chi connectivity index (χ0) is 16.0. The molecule has 0 atom stereocenters. The molecular formula is C14H24O6. The van der Waals surface area contributed by atoms with Gasteiger partial charge in [-0.1, -0.05) is 26.2 Å². The number of carbonyl (C=O) groups excluding carboxylic acids is 3. The molecule has 0 unspecified atom stereocenters. The van der Waals surface area contributed by atoms with Crippen LogP contribution < -0.4 is 0 Å². The first-order valence-corrected chi connectivity index (χ1v) is 6.65. The van der Waals surface area contributed by atoms with Crippen molar-refractivity contribution < 1.29 is 29.0 Å². The molecule has 1 N–H and O–H groups in total. The number of aliphatic carboxylic acids is 1. The highest BCUT2D eigenvalue weighted by molar-refractivity contribution is 5.94. The van der Waals surface area contributed by atoms with Crippen LogP contribution in [0.15, 0.2) is 0 Å². The fourth-order valence-electron chi connectivity index (χ4n) is 1.18. The van der Waals surface area contributed by atoms with Gasteiger partial charge in [0.15, 0.2) is 0 Å². The van der Waals surface area contributed by atoms with E-state index in [9.17, 15) is 19.2 Å². The first-order valence-electron chi connectivity index (χ1n) is 6.65. The number of ether oxygens (including phenoxy) is 1. The van der Waals surface area contributed by atoms with E-state index < -0.39 is 11.9 Å². The lowest BCUT2D eigenvalue weighted by molar-refractivity contribution is -0.146. The number of Topliss-reactive ketones (excluding diaryl/α,β-unsaturated/α-hetero) is 2. The van der Waals surface area contributed by atoms with Crippen LogP contribution in [0, 0.1) is 0 Å². The summed E-state index contributed by atoms with van der Waals surface area (Å²) in [7, 11) is 0. The smallest absolute Gasteiger partial charge is 0.313 e. The van der Waals surface area contributed by atoms with E-state index in [-0.39, 0.29) is 24.4 Å². The molecule has 0 aromatic rings. The Morgan fingerprint density at radius 3 is 1.80 bits per heavy atom. The summed E-state index contributed by atoms with van der Waals surface area (Å²) >= 11 is 0. The average Bonchev–Trinajstić information content (AvgIpc) is 2.26. The van der Waals surface area contributed by atoms with Crippen molar-refractivity contribution in [2.24, 2.45) is 0 Å². The molecule has 0 bridgehead atoms. The molecule has 20 heavy (non-hydrogen) atoms. The summed E-state index contributed by atoms with van der Waals surface area (Å²) in [5.41, 5.74) is 0. The van der Waals surface area contributed by atoms with Crippen LogP contribution in [0.5, 0.6) is 0 Å². The third kappa shape index (κ3) is 21.6. The molecule has 0 radical (unpaired) electrons. The zero-order valence-corrected chi connectivity index (χ0v) is 12.4. The molecule has 0 saturated heterocycles. The number of hydrogen-bond acceptors (Lipinski definition) is 5. The Morgan fingerprint density at radius 1 is 0.900 bits per heavy atom. The molecule has 0 spiro atoms. The molecule has 0 fully saturated rings. The second kappa shape index (κ2) is 13.7. The highest BCUT2D eigenvalue weighted by Gasteiger charge is 2.05. The molecule has 0 aliphatic heterocycles. The number of carboxylic acids is 1. The molecule has 0 aliphatic rings. The number of unbranched alkanes of at least 4 members (excludes halogenated alkanes) is 3. The van der Waals surface area contributed by atoms with Crippen LogP contribution >= 0.6 is 0 Å². The Balaban J connectivity index is 0. The van der Waals surface area contributed by atoms with Gasteiger partial charge in [-0.3, -0.25) is 19.2 Å². The predicted octanol–water partition coefficient (Wildman–Crippen LogP) is 2.14. The topological polar surface area (TPSA) is 97.7 Å². The minimum absolute atomic E-state index is 0.0895. The summed E-state index contributed by atoms with van der Waals surface area (Å²) in [6.45, 7) is 5.21. The monoisotopic (exact) mass is 288 g/mol. The highest BCUT2D eigenvalue weighted by Crippen LogP contribution is 1.99. The maximum atomic E-state index is 10.8. The minimum atomic E-state index is -1.06.